The Balaban J connectivity index is 1.50. The SMILES string of the molecule is Cc1cc([C@@H]2CCCN2C(=O)Nc2ccc3c(c2)OCC(=O)N3C)on1. The van der Waals surface area contributed by atoms with Crippen LogP contribution in [0.15, 0.2) is 28.8 Å². The number of carbonyl (C=O) groups excluding carboxylic acids is 2. The number of rotatable bonds is 2. The maximum Gasteiger partial charge on any atom is 0.322 e. The molecule has 26 heavy (non-hydrogen) atoms. The standard InChI is InChI=1S/C18H20N4O4/c1-11-8-16(26-20-11)14-4-3-7-22(14)18(24)19-12-5-6-13-15(9-12)25-10-17(23)21(13)2/h5-6,8-9,14H,3-4,7,10H2,1-2H3,(H,19,24)/t14-/m0/s1. The summed E-state index contributed by atoms with van der Waals surface area (Å²) in [7, 11) is 1.70. The van der Waals surface area contributed by atoms with E-state index in [2.05, 4.69) is 10.5 Å². The van der Waals surface area contributed by atoms with Crippen LogP contribution in [0.2, 0.25) is 0 Å². The number of hydrogen-bond donors (Lipinski definition) is 1. The van der Waals surface area contributed by atoms with Crippen LogP contribution in [-0.4, -0.2) is 42.2 Å². The maximum absolute atomic E-state index is 12.7. The van der Waals surface area contributed by atoms with Crippen molar-refractivity contribution in [3.8, 4) is 5.75 Å². The predicted octanol–water partition coefficient (Wildman–Crippen LogP) is 2.71. The highest BCUT2D eigenvalue weighted by Gasteiger charge is 2.33. The molecular formula is C18H20N4O4. The zero-order valence-electron chi connectivity index (χ0n) is 14.7. The maximum atomic E-state index is 12.7. The van der Waals surface area contributed by atoms with Crippen LogP contribution in [0.4, 0.5) is 16.2 Å². The monoisotopic (exact) mass is 356 g/mol. The first-order chi connectivity index (χ1) is 12.5. The highest BCUT2D eigenvalue weighted by molar-refractivity contribution is 5.98. The van der Waals surface area contributed by atoms with Crippen molar-refractivity contribution in [2.24, 2.45) is 0 Å². The van der Waals surface area contributed by atoms with Gasteiger partial charge in [0.15, 0.2) is 12.4 Å². The second-order valence-electron chi connectivity index (χ2n) is 6.58. The van der Waals surface area contributed by atoms with Gasteiger partial charge < -0.3 is 24.4 Å². The first-order valence-corrected chi connectivity index (χ1v) is 8.57. The lowest BCUT2D eigenvalue weighted by atomic mass is 10.1. The van der Waals surface area contributed by atoms with Crippen LogP contribution >= 0.6 is 0 Å². The van der Waals surface area contributed by atoms with Crippen LogP contribution in [-0.2, 0) is 4.79 Å². The number of likely N-dealkylation sites (N-methyl/N-ethyl adjacent to an activating group) is 1. The van der Waals surface area contributed by atoms with Gasteiger partial charge in [0.25, 0.3) is 5.91 Å². The van der Waals surface area contributed by atoms with E-state index in [4.69, 9.17) is 9.26 Å². The number of likely N-dealkylation sites (tertiary alicyclic amines) is 1. The second kappa shape index (κ2) is 6.36. The normalized spacial score (nSPS) is 19.3. The molecule has 8 heteroatoms. The lowest BCUT2D eigenvalue weighted by Gasteiger charge is -2.27. The van der Waals surface area contributed by atoms with Gasteiger partial charge in [0, 0.05) is 31.4 Å². The summed E-state index contributed by atoms with van der Waals surface area (Å²) in [5.74, 6) is 1.19. The fourth-order valence-electron chi connectivity index (χ4n) is 3.40. The van der Waals surface area contributed by atoms with Crippen LogP contribution in [0, 0.1) is 6.92 Å². The van der Waals surface area contributed by atoms with Gasteiger partial charge in [-0.15, -0.1) is 0 Å². The van der Waals surface area contributed by atoms with Crippen molar-refractivity contribution < 1.29 is 18.8 Å². The minimum atomic E-state index is -0.193. The van der Waals surface area contributed by atoms with Crippen LogP contribution in [0.3, 0.4) is 0 Å². The van der Waals surface area contributed by atoms with Crippen LogP contribution < -0.4 is 15.0 Å². The number of amides is 3. The summed E-state index contributed by atoms with van der Waals surface area (Å²) < 4.78 is 10.8. The van der Waals surface area contributed by atoms with Gasteiger partial charge in [0.2, 0.25) is 0 Å². The molecule has 0 spiro atoms. The minimum absolute atomic E-state index is 0.0000561. The number of nitrogens with zero attached hydrogens (tertiary/aromatic N) is 3. The molecule has 1 fully saturated rings. The average molecular weight is 356 g/mol. The van der Waals surface area contributed by atoms with Crippen molar-refractivity contribution in [1.82, 2.24) is 10.1 Å². The summed E-state index contributed by atoms with van der Waals surface area (Å²) in [5.41, 5.74) is 2.11. The van der Waals surface area contributed by atoms with Crippen molar-refractivity contribution >= 4 is 23.3 Å². The number of hydrogen-bond acceptors (Lipinski definition) is 5. The van der Waals surface area contributed by atoms with Crippen molar-refractivity contribution in [1.29, 1.82) is 0 Å². The number of urea groups is 1. The van der Waals surface area contributed by atoms with Crippen molar-refractivity contribution in [2.75, 3.05) is 30.4 Å². The average Bonchev–Trinajstić information content (AvgIpc) is 3.27. The Hall–Kier alpha value is -3.03. The molecule has 2 aliphatic rings. The number of carbonyl (C=O) groups is 2. The molecule has 1 N–H and O–H groups in total. The largest absolute Gasteiger partial charge is 0.481 e. The highest BCUT2D eigenvalue weighted by Crippen LogP contribution is 2.35. The Kier molecular flexibility index (Phi) is 4.02. The van der Waals surface area contributed by atoms with Crippen LogP contribution in [0.1, 0.15) is 30.3 Å². The summed E-state index contributed by atoms with van der Waals surface area (Å²) in [6.45, 7) is 2.52. The number of fused-ring (bicyclic) bond motifs is 1. The summed E-state index contributed by atoms with van der Waals surface area (Å²) in [6, 6.07) is 6.84. The van der Waals surface area contributed by atoms with Gasteiger partial charge in [-0.1, -0.05) is 5.16 Å². The van der Waals surface area contributed by atoms with E-state index < -0.39 is 0 Å². The number of benzene rings is 1. The van der Waals surface area contributed by atoms with E-state index in [1.54, 1.807) is 35.0 Å². The molecule has 2 aliphatic heterocycles. The fourth-order valence-corrected chi connectivity index (χ4v) is 3.40. The third kappa shape index (κ3) is 2.87. The molecule has 8 nitrogen and oxygen atoms in total. The Labute approximate surface area is 150 Å². The number of nitrogens with one attached hydrogen (secondary N) is 1. The molecule has 0 unspecified atom stereocenters. The first kappa shape index (κ1) is 16.4. The summed E-state index contributed by atoms with van der Waals surface area (Å²) in [6.07, 6.45) is 1.76. The lowest BCUT2D eigenvalue weighted by molar-refractivity contribution is -0.120. The molecule has 4 rings (SSSR count). The van der Waals surface area contributed by atoms with E-state index in [-0.39, 0.29) is 24.6 Å². The molecule has 0 saturated carbocycles. The molecule has 1 atom stereocenters. The zero-order chi connectivity index (χ0) is 18.3. The Morgan fingerprint density at radius 3 is 2.96 bits per heavy atom. The fraction of sp³-hybridized carbons (Fsp3) is 0.389. The van der Waals surface area contributed by atoms with Crippen molar-refractivity contribution in [3.63, 3.8) is 0 Å². The number of anilines is 2. The quantitative estimate of drug-likeness (QED) is 0.894. The summed E-state index contributed by atoms with van der Waals surface area (Å²) >= 11 is 0. The first-order valence-electron chi connectivity index (χ1n) is 8.57. The molecule has 0 aliphatic carbocycles. The van der Waals surface area contributed by atoms with Gasteiger partial charge in [0.05, 0.1) is 17.4 Å². The molecule has 0 bridgehead atoms. The topological polar surface area (TPSA) is 87.9 Å². The van der Waals surface area contributed by atoms with E-state index in [9.17, 15) is 9.59 Å². The van der Waals surface area contributed by atoms with Gasteiger partial charge in [0.1, 0.15) is 5.75 Å². The number of aryl methyl sites for hydroxylation is 1. The second-order valence-corrected chi connectivity index (χ2v) is 6.58. The highest BCUT2D eigenvalue weighted by atomic mass is 16.5. The Morgan fingerprint density at radius 1 is 1.35 bits per heavy atom. The Morgan fingerprint density at radius 2 is 2.19 bits per heavy atom. The predicted molar refractivity (Wildman–Crippen MR) is 94.3 cm³/mol. The van der Waals surface area contributed by atoms with E-state index >= 15 is 0 Å². The van der Waals surface area contributed by atoms with Gasteiger partial charge in [-0.05, 0) is 31.9 Å². The van der Waals surface area contributed by atoms with Gasteiger partial charge in [-0.3, -0.25) is 4.79 Å². The van der Waals surface area contributed by atoms with Crippen molar-refractivity contribution in [3.05, 3.63) is 35.7 Å². The molecule has 3 amide bonds. The van der Waals surface area contributed by atoms with E-state index in [0.717, 1.165) is 18.5 Å². The molecule has 1 aromatic heterocycles. The summed E-state index contributed by atoms with van der Waals surface area (Å²) in [4.78, 5) is 27.7. The van der Waals surface area contributed by atoms with E-state index in [1.165, 1.54) is 0 Å². The smallest absolute Gasteiger partial charge is 0.322 e. The number of aromatic nitrogens is 1. The van der Waals surface area contributed by atoms with Gasteiger partial charge in [-0.25, -0.2) is 4.79 Å². The van der Waals surface area contributed by atoms with Gasteiger partial charge >= 0.3 is 6.03 Å². The van der Waals surface area contributed by atoms with E-state index in [0.29, 0.717) is 29.4 Å². The Bertz CT molecular complexity index is 863. The molecular weight excluding hydrogens is 336 g/mol. The lowest BCUT2D eigenvalue weighted by Crippen LogP contribution is -2.36. The minimum Gasteiger partial charge on any atom is -0.481 e. The summed E-state index contributed by atoms with van der Waals surface area (Å²) in [5, 5.41) is 6.83. The van der Waals surface area contributed by atoms with Crippen LogP contribution in [0.5, 0.6) is 5.75 Å². The number of ether oxygens (including phenoxy) is 1. The molecule has 3 heterocycles. The van der Waals surface area contributed by atoms with E-state index in [1.807, 2.05) is 13.0 Å². The molecule has 136 valence electrons. The molecule has 1 aromatic carbocycles. The molecule has 2 aromatic rings. The third-order valence-corrected chi connectivity index (χ3v) is 4.79. The zero-order valence-corrected chi connectivity index (χ0v) is 14.7. The van der Waals surface area contributed by atoms with Crippen LogP contribution in [0.25, 0.3) is 0 Å². The molecule has 1 saturated heterocycles. The molecule has 0 radical (unpaired) electrons. The van der Waals surface area contributed by atoms with Crippen molar-refractivity contribution in [2.45, 2.75) is 25.8 Å². The third-order valence-electron chi connectivity index (χ3n) is 4.79. The van der Waals surface area contributed by atoms with Gasteiger partial charge in [-0.2, -0.15) is 0 Å².